The average Bonchev–Trinajstić information content (AvgIpc) is 2.68. The first kappa shape index (κ1) is 19.6. The molecule has 6 nitrogen and oxygen atoms in total. The molecule has 1 aliphatic rings. The zero-order valence-electron chi connectivity index (χ0n) is 15.9. The molecule has 1 aromatic carbocycles. The van der Waals surface area contributed by atoms with Gasteiger partial charge in [-0.05, 0) is 37.6 Å². The summed E-state index contributed by atoms with van der Waals surface area (Å²) in [6, 6.07) is 9.56. The number of hydrogen-bond donors (Lipinski definition) is 1. The van der Waals surface area contributed by atoms with E-state index in [9.17, 15) is 4.79 Å². The Labute approximate surface area is 165 Å². The largest absolute Gasteiger partial charge is 0.370 e. The van der Waals surface area contributed by atoms with Crippen LogP contribution in [0.4, 0.5) is 5.82 Å². The lowest BCUT2D eigenvalue weighted by Crippen LogP contribution is -2.48. The quantitative estimate of drug-likeness (QED) is 0.825. The van der Waals surface area contributed by atoms with E-state index in [1.165, 1.54) is 5.56 Å². The zero-order chi connectivity index (χ0) is 19.2. The third-order valence-electron chi connectivity index (χ3n) is 4.80. The van der Waals surface area contributed by atoms with Gasteiger partial charge in [0.2, 0.25) is 0 Å². The Morgan fingerprint density at radius 2 is 1.85 bits per heavy atom. The van der Waals surface area contributed by atoms with E-state index < -0.39 is 0 Å². The molecule has 0 aliphatic carbocycles. The SMILES string of the molecule is CCN1CCN(C(=O)c2cc(NCCc3ccc(Cl)cc3)nc(C)n2)CC1. The van der Waals surface area contributed by atoms with Crippen LogP contribution in [-0.2, 0) is 6.42 Å². The van der Waals surface area contributed by atoms with Crippen LogP contribution in [-0.4, -0.2) is 64.9 Å². The van der Waals surface area contributed by atoms with Crippen molar-refractivity contribution in [1.82, 2.24) is 19.8 Å². The first-order chi connectivity index (χ1) is 13.0. The number of carbonyl (C=O) groups is 1. The number of carbonyl (C=O) groups excluding carboxylic acids is 1. The molecule has 0 saturated carbocycles. The first-order valence-corrected chi connectivity index (χ1v) is 9.78. The van der Waals surface area contributed by atoms with E-state index in [-0.39, 0.29) is 5.91 Å². The van der Waals surface area contributed by atoms with Crippen molar-refractivity contribution in [3.8, 4) is 0 Å². The minimum Gasteiger partial charge on any atom is -0.370 e. The summed E-state index contributed by atoms with van der Waals surface area (Å²) in [5.74, 6) is 1.27. The highest BCUT2D eigenvalue weighted by Gasteiger charge is 2.23. The second-order valence-electron chi connectivity index (χ2n) is 6.72. The van der Waals surface area contributed by atoms with Gasteiger partial charge in [0.25, 0.3) is 5.91 Å². The van der Waals surface area contributed by atoms with Gasteiger partial charge >= 0.3 is 0 Å². The second kappa shape index (κ2) is 9.15. The van der Waals surface area contributed by atoms with Gasteiger partial charge in [-0.1, -0.05) is 30.7 Å². The molecule has 0 unspecified atom stereocenters. The Balaban J connectivity index is 1.60. The maximum absolute atomic E-state index is 12.8. The van der Waals surface area contributed by atoms with Gasteiger partial charge in [-0.25, -0.2) is 9.97 Å². The molecule has 2 heterocycles. The molecule has 2 aromatic rings. The number of nitrogens with zero attached hydrogens (tertiary/aromatic N) is 4. The average molecular weight is 388 g/mol. The Hall–Kier alpha value is -2.18. The van der Waals surface area contributed by atoms with Gasteiger partial charge in [-0.15, -0.1) is 0 Å². The van der Waals surface area contributed by atoms with Crippen molar-refractivity contribution < 1.29 is 4.79 Å². The normalized spacial score (nSPS) is 15.0. The van der Waals surface area contributed by atoms with E-state index in [1.54, 1.807) is 6.07 Å². The Morgan fingerprint density at radius 1 is 1.15 bits per heavy atom. The summed E-state index contributed by atoms with van der Waals surface area (Å²) in [6.07, 6.45) is 0.850. The molecule has 0 atom stereocenters. The van der Waals surface area contributed by atoms with Crippen molar-refractivity contribution >= 4 is 23.3 Å². The first-order valence-electron chi connectivity index (χ1n) is 9.41. The minimum atomic E-state index is -0.0167. The summed E-state index contributed by atoms with van der Waals surface area (Å²) >= 11 is 5.92. The summed E-state index contributed by atoms with van der Waals surface area (Å²) in [7, 11) is 0. The highest BCUT2D eigenvalue weighted by Crippen LogP contribution is 2.13. The predicted molar refractivity (Wildman–Crippen MR) is 108 cm³/mol. The van der Waals surface area contributed by atoms with Crippen LogP contribution in [0.2, 0.25) is 5.02 Å². The van der Waals surface area contributed by atoms with Crippen LogP contribution in [0, 0.1) is 6.92 Å². The smallest absolute Gasteiger partial charge is 0.272 e. The number of aryl methyl sites for hydroxylation is 1. The fraction of sp³-hybridized carbons (Fsp3) is 0.450. The summed E-state index contributed by atoms with van der Waals surface area (Å²) < 4.78 is 0. The van der Waals surface area contributed by atoms with Crippen LogP contribution < -0.4 is 5.32 Å². The lowest BCUT2D eigenvalue weighted by molar-refractivity contribution is 0.0637. The number of aromatic nitrogens is 2. The van der Waals surface area contributed by atoms with Crippen LogP contribution >= 0.6 is 11.6 Å². The van der Waals surface area contributed by atoms with E-state index in [2.05, 4.69) is 27.1 Å². The van der Waals surface area contributed by atoms with Crippen molar-refractivity contribution in [3.63, 3.8) is 0 Å². The third-order valence-corrected chi connectivity index (χ3v) is 5.05. The van der Waals surface area contributed by atoms with E-state index in [0.717, 1.165) is 50.7 Å². The molecule has 1 N–H and O–H groups in total. The molecule has 0 bridgehead atoms. The van der Waals surface area contributed by atoms with Crippen molar-refractivity contribution in [2.75, 3.05) is 44.6 Å². The molecule has 144 valence electrons. The highest BCUT2D eigenvalue weighted by molar-refractivity contribution is 6.30. The van der Waals surface area contributed by atoms with Crippen molar-refractivity contribution in [2.45, 2.75) is 20.3 Å². The number of anilines is 1. The molecule has 1 aromatic heterocycles. The molecule has 1 saturated heterocycles. The molecule has 1 amide bonds. The fourth-order valence-electron chi connectivity index (χ4n) is 3.18. The highest BCUT2D eigenvalue weighted by atomic mass is 35.5. The lowest BCUT2D eigenvalue weighted by Gasteiger charge is -2.33. The lowest BCUT2D eigenvalue weighted by atomic mass is 10.1. The van der Waals surface area contributed by atoms with E-state index in [1.807, 2.05) is 36.1 Å². The third kappa shape index (κ3) is 5.40. The molecule has 1 aliphatic heterocycles. The Kier molecular flexibility index (Phi) is 6.63. The van der Waals surface area contributed by atoms with Gasteiger partial charge < -0.3 is 15.1 Å². The summed E-state index contributed by atoms with van der Waals surface area (Å²) in [5.41, 5.74) is 1.66. The number of rotatable bonds is 6. The van der Waals surface area contributed by atoms with Crippen molar-refractivity contribution in [1.29, 1.82) is 0 Å². The number of halogens is 1. The fourth-order valence-corrected chi connectivity index (χ4v) is 3.31. The van der Waals surface area contributed by atoms with Gasteiger partial charge in [0.05, 0.1) is 0 Å². The van der Waals surface area contributed by atoms with Gasteiger partial charge in [0.1, 0.15) is 17.3 Å². The monoisotopic (exact) mass is 387 g/mol. The van der Waals surface area contributed by atoms with Gasteiger partial charge in [-0.2, -0.15) is 0 Å². The second-order valence-corrected chi connectivity index (χ2v) is 7.15. The predicted octanol–water partition coefficient (Wildman–Crippen LogP) is 2.87. The summed E-state index contributed by atoms with van der Waals surface area (Å²) in [5, 5.41) is 4.04. The van der Waals surface area contributed by atoms with Crippen molar-refractivity contribution in [2.24, 2.45) is 0 Å². The Morgan fingerprint density at radius 3 is 2.52 bits per heavy atom. The molecule has 7 heteroatoms. The molecular weight excluding hydrogens is 362 g/mol. The van der Waals surface area contributed by atoms with E-state index in [4.69, 9.17) is 11.6 Å². The molecular formula is C20H26ClN5O. The summed E-state index contributed by atoms with van der Waals surface area (Å²) in [4.78, 5) is 25.8. The van der Waals surface area contributed by atoms with Crippen LogP contribution in [0.3, 0.4) is 0 Å². The molecule has 0 spiro atoms. The minimum absolute atomic E-state index is 0.0167. The number of amides is 1. The molecule has 27 heavy (non-hydrogen) atoms. The number of nitrogens with one attached hydrogen (secondary N) is 1. The molecule has 0 radical (unpaired) electrons. The zero-order valence-corrected chi connectivity index (χ0v) is 16.7. The number of piperazine rings is 1. The van der Waals surface area contributed by atoms with Gasteiger partial charge in [0.15, 0.2) is 0 Å². The molecule has 3 rings (SSSR count). The van der Waals surface area contributed by atoms with Crippen molar-refractivity contribution in [3.05, 3.63) is 52.4 Å². The number of benzene rings is 1. The van der Waals surface area contributed by atoms with Crippen LogP contribution in [0.1, 0.15) is 28.8 Å². The van der Waals surface area contributed by atoms with Gasteiger partial charge in [0, 0.05) is 43.8 Å². The standard InChI is InChI=1S/C20H26ClN5O/c1-3-25-10-12-26(13-11-25)20(27)18-14-19(24-15(2)23-18)22-9-8-16-4-6-17(21)7-5-16/h4-7,14H,3,8-13H2,1-2H3,(H,22,23,24). The Bertz CT molecular complexity index is 772. The van der Waals surface area contributed by atoms with Crippen LogP contribution in [0.15, 0.2) is 30.3 Å². The van der Waals surface area contributed by atoms with E-state index >= 15 is 0 Å². The van der Waals surface area contributed by atoms with Crippen LogP contribution in [0.25, 0.3) is 0 Å². The number of likely N-dealkylation sites (N-methyl/N-ethyl adjacent to an activating group) is 1. The van der Waals surface area contributed by atoms with Crippen LogP contribution in [0.5, 0.6) is 0 Å². The maximum atomic E-state index is 12.8. The summed E-state index contributed by atoms with van der Waals surface area (Å²) in [6.45, 7) is 9.03. The topological polar surface area (TPSA) is 61.4 Å². The number of hydrogen-bond acceptors (Lipinski definition) is 5. The van der Waals surface area contributed by atoms with Gasteiger partial charge in [-0.3, -0.25) is 4.79 Å². The van der Waals surface area contributed by atoms with E-state index in [0.29, 0.717) is 17.3 Å². The maximum Gasteiger partial charge on any atom is 0.272 e. The molecule has 1 fully saturated rings.